The molecule has 21 heavy (non-hydrogen) atoms. The van der Waals surface area contributed by atoms with Crippen LogP contribution in [0.4, 0.5) is 5.82 Å². The number of pyridine rings is 1. The molecule has 2 rings (SSSR count). The number of nitrogens with one attached hydrogen (secondary N) is 1. The second-order valence-electron chi connectivity index (χ2n) is 4.61. The first-order chi connectivity index (χ1) is 10.1. The topological polar surface area (TPSA) is 62.2 Å². The van der Waals surface area contributed by atoms with Gasteiger partial charge in [-0.15, -0.1) is 0 Å². The van der Waals surface area contributed by atoms with E-state index in [1.165, 1.54) is 0 Å². The molecule has 0 bridgehead atoms. The maximum atomic E-state index is 12.4. The number of rotatable bonds is 2. The van der Waals surface area contributed by atoms with Crippen LogP contribution in [0, 0.1) is 25.7 Å². The molecular weight excluding hydrogens is 264 g/mol. The highest BCUT2D eigenvalue weighted by molar-refractivity contribution is 6.05. The number of anilines is 1. The Kier molecular flexibility index (Phi) is 4.70. The van der Waals surface area contributed by atoms with Crippen LogP contribution in [0.1, 0.15) is 27.0 Å². The summed E-state index contributed by atoms with van der Waals surface area (Å²) in [6.07, 6.45) is 1.57. The fourth-order valence-corrected chi connectivity index (χ4v) is 2.07. The van der Waals surface area contributed by atoms with Crippen LogP contribution < -0.4 is 5.32 Å². The van der Waals surface area contributed by atoms with Crippen LogP contribution in [0.15, 0.2) is 36.5 Å². The van der Waals surface area contributed by atoms with Gasteiger partial charge < -0.3 is 10.4 Å². The van der Waals surface area contributed by atoms with E-state index in [9.17, 15) is 4.79 Å². The van der Waals surface area contributed by atoms with Gasteiger partial charge in [0.2, 0.25) is 0 Å². The predicted molar refractivity (Wildman–Crippen MR) is 82.1 cm³/mol. The van der Waals surface area contributed by atoms with Gasteiger partial charge in [0.25, 0.3) is 5.91 Å². The minimum Gasteiger partial charge on any atom is -0.384 e. The van der Waals surface area contributed by atoms with Crippen LogP contribution >= 0.6 is 0 Å². The summed E-state index contributed by atoms with van der Waals surface area (Å²) in [6.45, 7) is 3.60. The molecule has 1 heterocycles. The first-order valence-corrected chi connectivity index (χ1v) is 6.55. The van der Waals surface area contributed by atoms with Crippen molar-refractivity contribution in [1.29, 1.82) is 0 Å². The zero-order chi connectivity index (χ0) is 15.2. The lowest BCUT2D eigenvalue weighted by Crippen LogP contribution is -2.15. The van der Waals surface area contributed by atoms with Crippen molar-refractivity contribution in [2.75, 3.05) is 11.9 Å². The van der Waals surface area contributed by atoms with Crippen LogP contribution in [0.3, 0.4) is 0 Å². The molecule has 1 amide bonds. The molecule has 4 heteroatoms. The Hall–Kier alpha value is -2.64. The Morgan fingerprint density at radius 3 is 2.67 bits per heavy atom. The zero-order valence-corrected chi connectivity index (χ0v) is 12.0. The van der Waals surface area contributed by atoms with E-state index in [0.717, 1.165) is 11.1 Å². The number of carbonyl (C=O) groups excluding carboxylic acids is 1. The van der Waals surface area contributed by atoms with Gasteiger partial charge in [-0.1, -0.05) is 30.0 Å². The summed E-state index contributed by atoms with van der Waals surface area (Å²) in [6, 6.07) is 9.12. The zero-order valence-electron chi connectivity index (χ0n) is 12.0. The molecule has 0 aliphatic rings. The molecule has 4 nitrogen and oxygen atoms in total. The highest BCUT2D eigenvalue weighted by Crippen LogP contribution is 2.15. The number of carbonyl (C=O) groups is 1. The molecule has 0 atom stereocenters. The van der Waals surface area contributed by atoms with E-state index < -0.39 is 0 Å². The number of hydrogen-bond donors (Lipinski definition) is 2. The van der Waals surface area contributed by atoms with Gasteiger partial charge in [0.1, 0.15) is 12.4 Å². The Labute approximate surface area is 123 Å². The average Bonchev–Trinajstić information content (AvgIpc) is 2.45. The second kappa shape index (κ2) is 6.69. The molecule has 1 aromatic heterocycles. The molecule has 2 aromatic rings. The largest absolute Gasteiger partial charge is 0.384 e. The predicted octanol–water partition coefficient (Wildman–Crippen LogP) is 2.29. The lowest BCUT2D eigenvalue weighted by molar-refractivity contribution is 0.102. The summed E-state index contributed by atoms with van der Waals surface area (Å²) in [4.78, 5) is 16.5. The standard InChI is InChI=1S/C17H16N2O2/c1-12-5-3-6-13(2)16(12)17(21)19-15-11-14(7-4-10-20)8-9-18-15/h3,5-6,8-9,11,20H,10H2,1-2H3,(H,18,19,21). The summed E-state index contributed by atoms with van der Waals surface area (Å²) >= 11 is 0. The van der Waals surface area contributed by atoms with E-state index in [-0.39, 0.29) is 12.5 Å². The number of nitrogens with zero attached hydrogens (tertiary/aromatic N) is 1. The van der Waals surface area contributed by atoms with E-state index in [2.05, 4.69) is 22.1 Å². The van der Waals surface area contributed by atoms with E-state index in [1.54, 1.807) is 18.3 Å². The Balaban J connectivity index is 2.24. The maximum absolute atomic E-state index is 12.4. The summed E-state index contributed by atoms with van der Waals surface area (Å²) in [5.41, 5.74) is 3.19. The number of aromatic nitrogens is 1. The summed E-state index contributed by atoms with van der Waals surface area (Å²) in [5.74, 6) is 5.59. The van der Waals surface area contributed by atoms with E-state index in [0.29, 0.717) is 16.9 Å². The van der Waals surface area contributed by atoms with Gasteiger partial charge in [-0.3, -0.25) is 4.79 Å². The van der Waals surface area contributed by atoms with E-state index >= 15 is 0 Å². The van der Waals surface area contributed by atoms with Crippen LogP contribution in [0.25, 0.3) is 0 Å². The average molecular weight is 280 g/mol. The fourth-order valence-electron chi connectivity index (χ4n) is 2.07. The quantitative estimate of drug-likeness (QED) is 0.830. The minimum absolute atomic E-state index is 0.189. The van der Waals surface area contributed by atoms with Crippen LogP contribution in [-0.4, -0.2) is 22.6 Å². The van der Waals surface area contributed by atoms with Crippen molar-refractivity contribution in [2.24, 2.45) is 0 Å². The Morgan fingerprint density at radius 2 is 2.00 bits per heavy atom. The van der Waals surface area contributed by atoms with Crippen molar-refractivity contribution >= 4 is 11.7 Å². The summed E-state index contributed by atoms with van der Waals surface area (Å²) < 4.78 is 0. The number of aryl methyl sites for hydroxylation is 2. The van der Waals surface area contributed by atoms with E-state index in [1.807, 2.05) is 32.0 Å². The van der Waals surface area contributed by atoms with Crippen molar-refractivity contribution in [3.63, 3.8) is 0 Å². The molecule has 0 spiro atoms. The molecule has 1 aromatic carbocycles. The van der Waals surface area contributed by atoms with E-state index in [4.69, 9.17) is 5.11 Å². The minimum atomic E-state index is -0.202. The smallest absolute Gasteiger partial charge is 0.257 e. The molecule has 0 aliphatic heterocycles. The van der Waals surface area contributed by atoms with Crippen molar-refractivity contribution < 1.29 is 9.90 Å². The number of amides is 1. The number of aliphatic hydroxyl groups is 1. The molecule has 0 radical (unpaired) electrons. The first kappa shape index (κ1) is 14.8. The third-order valence-corrected chi connectivity index (χ3v) is 3.02. The van der Waals surface area contributed by atoms with Gasteiger partial charge in [0, 0.05) is 17.3 Å². The van der Waals surface area contributed by atoms with Gasteiger partial charge in [-0.2, -0.15) is 0 Å². The first-order valence-electron chi connectivity index (χ1n) is 6.55. The Bertz CT molecular complexity index is 707. The normalized spacial score (nSPS) is 9.67. The molecule has 0 saturated heterocycles. The van der Waals surface area contributed by atoms with Crippen molar-refractivity contribution in [3.05, 3.63) is 58.8 Å². The van der Waals surface area contributed by atoms with Crippen LogP contribution in [0.5, 0.6) is 0 Å². The highest BCUT2D eigenvalue weighted by atomic mass is 16.2. The monoisotopic (exact) mass is 280 g/mol. The van der Waals surface area contributed by atoms with Crippen LogP contribution in [0.2, 0.25) is 0 Å². The summed E-state index contributed by atoms with van der Waals surface area (Å²) in [7, 11) is 0. The van der Waals surface area contributed by atoms with Crippen molar-refractivity contribution in [2.45, 2.75) is 13.8 Å². The van der Waals surface area contributed by atoms with Gasteiger partial charge in [-0.05, 0) is 37.1 Å². The van der Waals surface area contributed by atoms with Crippen molar-refractivity contribution in [1.82, 2.24) is 4.98 Å². The molecule has 0 aliphatic carbocycles. The van der Waals surface area contributed by atoms with Crippen molar-refractivity contribution in [3.8, 4) is 11.8 Å². The number of aliphatic hydroxyl groups excluding tert-OH is 1. The molecule has 106 valence electrons. The SMILES string of the molecule is Cc1cccc(C)c1C(=O)Nc1cc(C#CCO)ccn1. The van der Waals surface area contributed by atoms with Gasteiger partial charge in [0.05, 0.1) is 0 Å². The van der Waals surface area contributed by atoms with Gasteiger partial charge >= 0.3 is 0 Å². The van der Waals surface area contributed by atoms with Gasteiger partial charge in [-0.25, -0.2) is 4.98 Å². The van der Waals surface area contributed by atoms with Gasteiger partial charge in [0.15, 0.2) is 0 Å². The molecule has 0 unspecified atom stereocenters. The third kappa shape index (κ3) is 3.68. The number of benzene rings is 1. The fraction of sp³-hybridized carbons (Fsp3) is 0.176. The molecule has 0 saturated carbocycles. The Morgan fingerprint density at radius 1 is 1.29 bits per heavy atom. The second-order valence-corrected chi connectivity index (χ2v) is 4.61. The highest BCUT2D eigenvalue weighted by Gasteiger charge is 2.12. The lowest BCUT2D eigenvalue weighted by Gasteiger charge is -2.10. The molecule has 0 fully saturated rings. The number of hydrogen-bond acceptors (Lipinski definition) is 3. The maximum Gasteiger partial charge on any atom is 0.257 e. The molecule has 2 N–H and O–H groups in total. The van der Waals surface area contributed by atoms with Crippen LogP contribution in [-0.2, 0) is 0 Å². The summed E-state index contributed by atoms with van der Waals surface area (Å²) in [5, 5.41) is 11.5. The lowest BCUT2D eigenvalue weighted by atomic mass is 10.0. The molecular formula is C17H16N2O2. The third-order valence-electron chi connectivity index (χ3n) is 3.02.